The second kappa shape index (κ2) is 8.78. The van der Waals surface area contributed by atoms with Gasteiger partial charge in [0, 0.05) is 5.38 Å². The number of rotatable bonds is 6. The van der Waals surface area contributed by atoms with E-state index in [0.29, 0.717) is 19.8 Å². The number of hydrogen-bond donors (Lipinski definition) is 1. The molecular formula is C19H19ClN2O3S. The summed E-state index contributed by atoms with van der Waals surface area (Å²) in [5.41, 5.74) is 0.881. The van der Waals surface area contributed by atoms with Crippen LogP contribution in [0.4, 0.5) is 5.13 Å². The molecule has 0 radical (unpaired) electrons. The number of hydrogen-bond acceptors (Lipinski definition) is 6. The topological polar surface area (TPSA) is 52.6 Å². The summed E-state index contributed by atoms with van der Waals surface area (Å²) in [4.78, 5) is 4.60. The zero-order valence-corrected chi connectivity index (χ0v) is 15.6. The van der Waals surface area contributed by atoms with E-state index in [9.17, 15) is 0 Å². The summed E-state index contributed by atoms with van der Waals surface area (Å²) in [5.74, 6) is 2.42. The van der Waals surface area contributed by atoms with Crippen LogP contribution in [0.2, 0.25) is 0 Å². The monoisotopic (exact) mass is 390 g/mol. The second-order valence-corrected chi connectivity index (χ2v) is 6.39. The third-order valence-corrected chi connectivity index (χ3v) is 4.57. The van der Waals surface area contributed by atoms with E-state index in [4.69, 9.17) is 14.2 Å². The van der Waals surface area contributed by atoms with Gasteiger partial charge in [0.2, 0.25) is 0 Å². The van der Waals surface area contributed by atoms with Crippen LogP contribution in [-0.4, -0.2) is 24.7 Å². The number of nitrogens with one attached hydrogen (secondary N) is 1. The van der Waals surface area contributed by atoms with Crippen LogP contribution in [0, 0.1) is 0 Å². The molecule has 1 aliphatic heterocycles. The maximum Gasteiger partial charge on any atom is 0.183 e. The molecule has 0 fully saturated rings. The minimum atomic E-state index is -0.178. The third-order valence-electron chi connectivity index (χ3n) is 3.75. The molecule has 2 aromatic carbocycles. The number of thiazole rings is 1. The second-order valence-electron chi connectivity index (χ2n) is 5.53. The predicted octanol–water partition coefficient (Wildman–Crippen LogP) is 4.57. The molecule has 0 saturated carbocycles. The first-order valence-electron chi connectivity index (χ1n) is 8.14. The standard InChI is InChI=1S/C19H18N2O3S.ClH/c1-2-6-14(7-3-1)22-11-10-20-19-21-15(13-25-19)18-12-23-16-8-4-5-9-17(16)24-18;/h1-9,13,18H,10-12H2,(H,20,21);1H. The maximum atomic E-state index is 5.98. The number of fused-ring (bicyclic) bond motifs is 1. The van der Waals surface area contributed by atoms with E-state index in [-0.39, 0.29) is 18.5 Å². The van der Waals surface area contributed by atoms with Crippen LogP contribution in [0.15, 0.2) is 60.0 Å². The van der Waals surface area contributed by atoms with Crippen molar-refractivity contribution in [1.29, 1.82) is 0 Å². The van der Waals surface area contributed by atoms with Crippen molar-refractivity contribution in [3.8, 4) is 17.2 Å². The van der Waals surface area contributed by atoms with E-state index in [2.05, 4.69) is 10.3 Å². The quantitative estimate of drug-likeness (QED) is 0.625. The van der Waals surface area contributed by atoms with Gasteiger partial charge in [-0.15, -0.1) is 23.7 Å². The third kappa shape index (κ3) is 4.39. The molecule has 3 aromatic rings. The van der Waals surface area contributed by atoms with Gasteiger partial charge in [0.05, 0.1) is 12.2 Å². The van der Waals surface area contributed by atoms with Crippen LogP contribution >= 0.6 is 23.7 Å². The highest BCUT2D eigenvalue weighted by molar-refractivity contribution is 7.13. The highest BCUT2D eigenvalue weighted by atomic mass is 35.5. The molecule has 1 aromatic heterocycles. The smallest absolute Gasteiger partial charge is 0.183 e. The molecule has 1 atom stereocenters. The van der Waals surface area contributed by atoms with Crippen LogP contribution in [0.5, 0.6) is 17.2 Å². The summed E-state index contributed by atoms with van der Waals surface area (Å²) in [6.07, 6.45) is -0.178. The zero-order valence-electron chi connectivity index (χ0n) is 14.0. The summed E-state index contributed by atoms with van der Waals surface area (Å²) in [6.45, 7) is 1.74. The maximum absolute atomic E-state index is 5.98. The lowest BCUT2D eigenvalue weighted by molar-refractivity contribution is 0.0888. The van der Waals surface area contributed by atoms with Crippen molar-refractivity contribution in [2.75, 3.05) is 25.1 Å². The normalized spacial score (nSPS) is 15.0. The van der Waals surface area contributed by atoms with Gasteiger partial charge in [-0.25, -0.2) is 4.98 Å². The Kier molecular flexibility index (Phi) is 6.20. The van der Waals surface area contributed by atoms with Crippen molar-refractivity contribution in [3.05, 3.63) is 65.7 Å². The minimum Gasteiger partial charge on any atom is -0.492 e. The Hall–Kier alpha value is -2.44. The Morgan fingerprint density at radius 1 is 1.08 bits per heavy atom. The molecule has 4 rings (SSSR count). The van der Waals surface area contributed by atoms with Gasteiger partial charge in [0.25, 0.3) is 0 Å². The Balaban J connectivity index is 0.00000196. The van der Waals surface area contributed by atoms with Crippen LogP contribution in [0.1, 0.15) is 11.8 Å². The number of aromatic nitrogens is 1. The van der Waals surface area contributed by atoms with E-state index in [0.717, 1.165) is 28.1 Å². The Labute approximate surface area is 162 Å². The van der Waals surface area contributed by atoms with Crippen molar-refractivity contribution in [1.82, 2.24) is 4.98 Å². The van der Waals surface area contributed by atoms with Crippen LogP contribution in [0.25, 0.3) is 0 Å². The van der Waals surface area contributed by atoms with E-state index < -0.39 is 0 Å². The van der Waals surface area contributed by atoms with Crippen LogP contribution < -0.4 is 19.5 Å². The molecule has 1 N–H and O–H groups in total. The van der Waals surface area contributed by atoms with Gasteiger partial charge in [0.1, 0.15) is 19.0 Å². The number of para-hydroxylation sites is 3. The first kappa shape index (κ1) is 18.4. The van der Waals surface area contributed by atoms with Crippen molar-refractivity contribution >= 4 is 28.9 Å². The van der Waals surface area contributed by atoms with Gasteiger partial charge in [-0.1, -0.05) is 30.3 Å². The SMILES string of the molecule is Cl.c1ccc(OCCNc2nc(C3COc4ccccc4O3)cs2)cc1. The molecule has 0 amide bonds. The lowest BCUT2D eigenvalue weighted by Gasteiger charge is -2.25. The van der Waals surface area contributed by atoms with Crippen LogP contribution in [-0.2, 0) is 0 Å². The fraction of sp³-hybridized carbons (Fsp3) is 0.211. The van der Waals surface area contributed by atoms with E-state index in [1.165, 1.54) is 0 Å². The zero-order chi connectivity index (χ0) is 16.9. The summed E-state index contributed by atoms with van der Waals surface area (Å²) in [6, 6.07) is 17.5. The number of anilines is 1. The average molecular weight is 391 g/mol. The lowest BCUT2D eigenvalue weighted by atomic mass is 10.2. The van der Waals surface area contributed by atoms with Gasteiger partial charge in [0.15, 0.2) is 22.7 Å². The Morgan fingerprint density at radius 3 is 2.69 bits per heavy atom. The van der Waals surface area contributed by atoms with Crippen molar-refractivity contribution in [2.45, 2.75) is 6.10 Å². The Morgan fingerprint density at radius 2 is 1.85 bits per heavy atom. The fourth-order valence-electron chi connectivity index (χ4n) is 2.52. The molecule has 136 valence electrons. The molecule has 1 unspecified atom stereocenters. The number of benzene rings is 2. The van der Waals surface area contributed by atoms with Crippen molar-refractivity contribution in [2.24, 2.45) is 0 Å². The van der Waals surface area contributed by atoms with E-state index in [1.807, 2.05) is 60.0 Å². The van der Waals surface area contributed by atoms with Gasteiger partial charge >= 0.3 is 0 Å². The molecule has 0 bridgehead atoms. The number of nitrogens with zero attached hydrogens (tertiary/aromatic N) is 1. The highest BCUT2D eigenvalue weighted by Crippen LogP contribution is 2.36. The number of halogens is 1. The average Bonchev–Trinajstić information content (AvgIpc) is 3.15. The molecule has 0 aliphatic carbocycles. The molecular weight excluding hydrogens is 372 g/mol. The molecule has 0 spiro atoms. The first-order valence-corrected chi connectivity index (χ1v) is 9.02. The van der Waals surface area contributed by atoms with Gasteiger partial charge in [-0.3, -0.25) is 0 Å². The Bertz CT molecular complexity index is 828. The molecule has 26 heavy (non-hydrogen) atoms. The molecule has 1 aliphatic rings. The molecule has 5 nitrogen and oxygen atoms in total. The minimum absolute atomic E-state index is 0. The predicted molar refractivity (Wildman–Crippen MR) is 105 cm³/mol. The molecule has 2 heterocycles. The summed E-state index contributed by atoms with van der Waals surface area (Å²) in [5, 5.41) is 6.14. The van der Waals surface area contributed by atoms with Gasteiger partial charge in [-0.05, 0) is 24.3 Å². The molecule has 7 heteroatoms. The largest absolute Gasteiger partial charge is 0.492 e. The fourth-order valence-corrected chi connectivity index (χ4v) is 3.30. The summed E-state index contributed by atoms with van der Waals surface area (Å²) in [7, 11) is 0. The van der Waals surface area contributed by atoms with Gasteiger partial charge in [-0.2, -0.15) is 0 Å². The molecule has 0 saturated heterocycles. The lowest BCUT2D eigenvalue weighted by Crippen LogP contribution is -2.21. The van der Waals surface area contributed by atoms with Gasteiger partial charge < -0.3 is 19.5 Å². The van der Waals surface area contributed by atoms with E-state index in [1.54, 1.807) is 11.3 Å². The number of ether oxygens (including phenoxy) is 3. The van der Waals surface area contributed by atoms with Crippen LogP contribution in [0.3, 0.4) is 0 Å². The van der Waals surface area contributed by atoms with Crippen molar-refractivity contribution < 1.29 is 14.2 Å². The van der Waals surface area contributed by atoms with E-state index >= 15 is 0 Å². The van der Waals surface area contributed by atoms with Crippen molar-refractivity contribution in [3.63, 3.8) is 0 Å². The first-order chi connectivity index (χ1) is 12.4. The summed E-state index contributed by atoms with van der Waals surface area (Å²) >= 11 is 1.56. The highest BCUT2D eigenvalue weighted by Gasteiger charge is 2.24. The summed E-state index contributed by atoms with van der Waals surface area (Å²) < 4.78 is 17.4.